The van der Waals surface area contributed by atoms with E-state index in [0.717, 1.165) is 22.4 Å². The van der Waals surface area contributed by atoms with E-state index in [4.69, 9.17) is 4.74 Å². The third kappa shape index (κ3) is 5.50. The Morgan fingerprint density at radius 2 is 1.32 bits per heavy atom. The zero-order valence-electron chi connectivity index (χ0n) is 14.0. The van der Waals surface area contributed by atoms with Crippen LogP contribution in [0.15, 0.2) is 84.9 Å². The molecule has 1 N–H and O–H groups in total. The Bertz CT molecular complexity index is 783. The van der Waals surface area contributed by atoms with E-state index in [1.54, 1.807) is 0 Å². The molecule has 3 aromatic carbocycles. The van der Waals surface area contributed by atoms with Gasteiger partial charge in [-0.05, 0) is 28.8 Å². The van der Waals surface area contributed by atoms with E-state index in [0.29, 0.717) is 19.6 Å². The van der Waals surface area contributed by atoms with Gasteiger partial charge in [-0.15, -0.1) is 0 Å². The van der Waals surface area contributed by atoms with E-state index >= 15 is 0 Å². The summed E-state index contributed by atoms with van der Waals surface area (Å²) in [6.07, 6.45) is 0.402. The van der Waals surface area contributed by atoms with Crippen LogP contribution in [0.5, 0.6) is 5.75 Å². The predicted molar refractivity (Wildman–Crippen MR) is 99.2 cm³/mol. The Morgan fingerprint density at radius 3 is 1.96 bits per heavy atom. The topological polar surface area (TPSA) is 38.3 Å². The fourth-order valence-electron chi connectivity index (χ4n) is 2.49. The summed E-state index contributed by atoms with van der Waals surface area (Å²) in [5, 5.41) is 2.94. The number of rotatable bonds is 7. The minimum Gasteiger partial charge on any atom is -0.489 e. The molecule has 0 aromatic heterocycles. The van der Waals surface area contributed by atoms with Crippen LogP contribution in [0.2, 0.25) is 0 Å². The molecule has 3 aromatic rings. The van der Waals surface area contributed by atoms with Gasteiger partial charge < -0.3 is 10.1 Å². The van der Waals surface area contributed by atoms with Crippen molar-refractivity contribution in [1.29, 1.82) is 0 Å². The lowest BCUT2D eigenvalue weighted by molar-refractivity contribution is -0.120. The van der Waals surface area contributed by atoms with Crippen LogP contribution in [-0.4, -0.2) is 5.91 Å². The van der Waals surface area contributed by atoms with Crippen LogP contribution >= 0.6 is 0 Å². The molecule has 0 spiro atoms. The summed E-state index contributed by atoms with van der Waals surface area (Å²) in [6.45, 7) is 1.07. The van der Waals surface area contributed by atoms with Gasteiger partial charge in [0, 0.05) is 6.54 Å². The summed E-state index contributed by atoms with van der Waals surface area (Å²) in [5.41, 5.74) is 3.21. The average Bonchev–Trinajstić information content (AvgIpc) is 2.67. The lowest BCUT2D eigenvalue weighted by Gasteiger charge is -2.08. The summed E-state index contributed by atoms with van der Waals surface area (Å²) in [7, 11) is 0. The Kier molecular flexibility index (Phi) is 5.83. The first-order chi connectivity index (χ1) is 12.3. The summed E-state index contributed by atoms with van der Waals surface area (Å²) in [5.74, 6) is 0.846. The number of hydrogen-bond acceptors (Lipinski definition) is 2. The van der Waals surface area contributed by atoms with Gasteiger partial charge in [0.2, 0.25) is 5.91 Å². The molecule has 0 saturated heterocycles. The van der Waals surface area contributed by atoms with Crippen LogP contribution in [0, 0.1) is 0 Å². The van der Waals surface area contributed by atoms with Crippen LogP contribution in [0.4, 0.5) is 0 Å². The fraction of sp³-hybridized carbons (Fsp3) is 0.136. The zero-order chi connectivity index (χ0) is 17.3. The Morgan fingerprint density at radius 1 is 0.720 bits per heavy atom. The van der Waals surface area contributed by atoms with Crippen LogP contribution in [-0.2, 0) is 24.4 Å². The summed E-state index contributed by atoms with van der Waals surface area (Å²) >= 11 is 0. The third-order valence-corrected chi connectivity index (χ3v) is 3.87. The SMILES string of the molecule is O=C(Cc1ccccc1)NCc1ccc(OCc2ccccc2)cc1. The Labute approximate surface area is 148 Å². The van der Waals surface area contributed by atoms with Crippen molar-refractivity contribution < 1.29 is 9.53 Å². The van der Waals surface area contributed by atoms with Gasteiger partial charge >= 0.3 is 0 Å². The highest BCUT2D eigenvalue weighted by molar-refractivity contribution is 5.78. The first kappa shape index (κ1) is 16.8. The van der Waals surface area contributed by atoms with Crippen molar-refractivity contribution in [3.8, 4) is 5.75 Å². The molecule has 126 valence electrons. The van der Waals surface area contributed by atoms with E-state index in [1.165, 1.54) is 0 Å². The first-order valence-corrected chi connectivity index (χ1v) is 8.36. The Hall–Kier alpha value is -3.07. The molecule has 0 atom stereocenters. The maximum atomic E-state index is 12.0. The quantitative estimate of drug-likeness (QED) is 0.707. The number of nitrogens with one attached hydrogen (secondary N) is 1. The molecule has 0 heterocycles. The monoisotopic (exact) mass is 331 g/mol. The van der Waals surface area contributed by atoms with Gasteiger partial charge in [-0.3, -0.25) is 4.79 Å². The van der Waals surface area contributed by atoms with E-state index in [9.17, 15) is 4.79 Å². The highest BCUT2D eigenvalue weighted by Gasteiger charge is 2.03. The second-order valence-electron chi connectivity index (χ2n) is 5.86. The van der Waals surface area contributed by atoms with Crippen LogP contribution in [0.1, 0.15) is 16.7 Å². The molecule has 3 heteroatoms. The number of carbonyl (C=O) groups excluding carboxylic acids is 1. The molecule has 3 nitrogen and oxygen atoms in total. The minimum atomic E-state index is 0.0237. The van der Waals surface area contributed by atoms with Crippen LogP contribution in [0.25, 0.3) is 0 Å². The molecular formula is C22H21NO2. The maximum Gasteiger partial charge on any atom is 0.224 e. The highest BCUT2D eigenvalue weighted by atomic mass is 16.5. The number of hydrogen-bond donors (Lipinski definition) is 1. The summed E-state index contributed by atoms with van der Waals surface area (Å²) in [6, 6.07) is 27.6. The van der Waals surface area contributed by atoms with E-state index in [2.05, 4.69) is 5.32 Å². The van der Waals surface area contributed by atoms with Crippen molar-refractivity contribution in [2.45, 2.75) is 19.6 Å². The van der Waals surface area contributed by atoms with Crippen molar-refractivity contribution in [3.05, 3.63) is 102 Å². The summed E-state index contributed by atoms with van der Waals surface area (Å²) in [4.78, 5) is 12.0. The smallest absolute Gasteiger partial charge is 0.224 e. The van der Waals surface area contributed by atoms with E-state index < -0.39 is 0 Å². The molecule has 0 unspecified atom stereocenters. The standard InChI is InChI=1S/C22H21NO2/c24-22(15-18-7-3-1-4-8-18)23-16-19-11-13-21(14-12-19)25-17-20-9-5-2-6-10-20/h1-14H,15-17H2,(H,23,24). The molecule has 1 amide bonds. The molecule has 0 fully saturated rings. The van der Waals surface area contributed by atoms with Crippen molar-refractivity contribution in [3.63, 3.8) is 0 Å². The molecule has 25 heavy (non-hydrogen) atoms. The molecule has 0 aliphatic carbocycles. The molecule has 0 aliphatic heterocycles. The van der Waals surface area contributed by atoms with Crippen molar-refractivity contribution in [2.75, 3.05) is 0 Å². The molecule has 0 radical (unpaired) electrons. The van der Waals surface area contributed by atoms with Gasteiger partial charge in [0.15, 0.2) is 0 Å². The minimum absolute atomic E-state index is 0.0237. The van der Waals surface area contributed by atoms with E-state index in [1.807, 2.05) is 84.9 Å². The molecule has 0 bridgehead atoms. The lowest BCUT2D eigenvalue weighted by atomic mass is 10.1. The van der Waals surface area contributed by atoms with E-state index in [-0.39, 0.29) is 5.91 Å². The number of amides is 1. The largest absolute Gasteiger partial charge is 0.489 e. The van der Waals surface area contributed by atoms with Crippen LogP contribution < -0.4 is 10.1 Å². The zero-order valence-corrected chi connectivity index (χ0v) is 14.0. The number of ether oxygens (including phenoxy) is 1. The number of carbonyl (C=O) groups is 1. The van der Waals surface area contributed by atoms with Crippen molar-refractivity contribution in [1.82, 2.24) is 5.32 Å². The first-order valence-electron chi connectivity index (χ1n) is 8.36. The Balaban J connectivity index is 1.45. The molecule has 0 aliphatic rings. The second kappa shape index (κ2) is 8.69. The van der Waals surface area contributed by atoms with Gasteiger partial charge in [-0.1, -0.05) is 72.8 Å². The third-order valence-electron chi connectivity index (χ3n) is 3.87. The van der Waals surface area contributed by atoms with Crippen molar-refractivity contribution in [2.24, 2.45) is 0 Å². The second-order valence-corrected chi connectivity index (χ2v) is 5.86. The molecule has 0 saturated carbocycles. The molecular weight excluding hydrogens is 310 g/mol. The molecule has 3 rings (SSSR count). The van der Waals surface area contributed by atoms with Crippen LogP contribution in [0.3, 0.4) is 0 Å². The fourth-order valence-corrected chi connectivity index (χ4v) is 2.49. The van der Waals surface area contributed by atoms with Crippen molar-refractivity contribution >= 4 is 5.91 Å². The normalized spacial score (nSPS) is 10.2. The van der Waals surface area contributed by atoms with Gasteiger partial charge in [-0.2, -0.15) is 0 Å². The average molecular weight is 331 g/mol. The van der Waals surface area contributed by atoms with Gasteiger partial charge in [-0.25, -0.2) is 0 Å². The summed E-state index contributed by atoms with van der Waals surface area (Å²) < 4.78 is 5.76. The maximum absolute atomic E-state index is 12.0. The van der Waals surface area contributed by atoms with Gasteiger partial charge in [0.25, 0.3) is 0 Å². The lowest BCUT2D eigenvalue weighted by Crippen LogP contribution is -2.24. The van der Waals surface area contributed by atoms with Gasteiger partial charge in [0.1, 0.15) is 12.4 Å². The van der Waals surface area contributed by atoms with Gasteiger partial charge in [0.05, 0.1) is 6.42 Å². The highest BCUT2D eigenvalue weighted by Crippen LogP contribution is 2.14. The predicted octanol–water partition coefficient (Wildman–Crippen LogP) is 4.12. The number of benzene rings is 3.